The highest BCUT2D eigenvalue weighted by Gasteiger charge is 2.18. The van der Waals surface area contributed by atoms with E-state index < -0.39 is 0 Å². The highest BCUT2D eigenvalue weighted by atomic mass is 16.5. The van der Waals surface area contributed by atoms with Crippen LogP contribution in [0.2, 0.25) is 0 Å². The van der Waals surface area contributed by atoms with Gasteiger partial charge in [0.15, 0.2) is 5.78 Å². The molecule has 1 unspecified atom stereocenters. The number of aliphatic hydroxyl groups is 1. The summed E-state index contributed by atoms with van der Waals surface area (Å²) in [4.78, 5) is 28.1. The molecule has 2 N–H and O–H groups in total. The number of rotatable bonds is 5. The molecule has 0 bridgehead atoms. The van der Waals surface area contributed by atoms with Crippen LogP contribution < -0.4 is 5.32 Å². The molecule has 2 aliphatic rings. The van der Waals surface area contributed by atoms with Crippen molar-refractivity contribution >= 4 is 23.6 Å². The molecule has 1 heterocycles. The molecule has 0 radical (unpaired) electrons. The number of allylic oxidation sites excluding steroid dienone is 2. The first-order valence-corrected chi connectivity index (χ1v) is 8.63. The van der Waals surface area contributed by atoms with Crippen molar-refractivity contribution in [1.29, 1.82) is 0 Å². The van der Waals surface area contributed by atoms with Crippen molar-refractivity contribution in [3.63, 3.8) is 0 Å². The minimum Gasteiger partial charge on any atom is -0.512 e. The van der Waals surface area contributed by atoms with E-state index in [-0.39, 0.29) is 29.1 Å². The van der Waals surface area contributed by atoms with Crippen LogP contribution in [0.25, 0.3) is 0 Å². The first-order valence-electron chi connectivity index (χ1n) is 8.63. The lowest BCUT2D eigenvalue weighted by Gasteiger charge is -2.11. The van der Waals surface area contributed by atoms with Crippen molar-refractivity contribution < 1.29 is 19.4 Å². The van der Waals surface area contributed by atoms with Gasteiger partial charge in [-0.05, 0) is 43.5 Å². The summed E-state index contributed by atoms with van der Waals surface area (Å²) in [5.41, 5.74) is 1.45. The standard InChI is InChI=1S/C19H22N2O4/c22-17-4-1-5-18(23)16(17)12-20-14-8-6-13(7-9-14)19(24)21-11-15-3-2-10-25-15/h6-9,12,15,22H,1-5,10-11H2,(H,21,24). The van der Waals surface area contributed by atoms with Crippen LogP contribution in [-0.4, -0.2) is 42.3 Å². The number of ketones is 1. The number of carbonyl (C=O) groups is 2. The number of aliphatic imine (C=N–C) groups is 1. The maximum Gasteiger partial charge on any atom is 0.251 e. The minimum atomic E-state index is -0.145. The molecule has 1 aromatic carbocycles. The number of aliphatic hydroxyl groups excluding tert-OH is 1. The van der Waals surface area contributed by atoms with Gasteiger partial charge in [-0.1, -0.05) is 0 Å². The number of ether oxygens (including phenoxy) is 1. The molecule has 1 aromatic rings. The lowest BCUT2D eigenvalue weighted by atomic mass is 9.97. The summed E-state index contributed by atoms with van der Waals surface area (Å²) in [6, 6.07) is 6.80. The summed E-state index contributed by atoms with van der Waals surface area (Å²) in [5, 5.41) is 12.7. The second-order valence-electron chi connectivity index (χ2n) is 6.29. The summed E-state index contributed by atoms with van der Waals surface area (Å²) in [6.07, 6.45) is 5.17. The van der Waals surface area contributed by atoms with Gasteiger partial charge in [0.2, 0.25) is 0 Å². The number of hydrogen-bond donors (Lipinski definition) is 2. The van der Waals surface area contributed by atoms with Crippen molar-refractivity contribution in [3.8, 4) is 0 Å². The molecule has 6 nitrogen and oxygen atoms in total. The fourth-order valence-electron chi connectivity index (χ4n) is 2.95. The third-order valence-electron chi connectivity index (χ3n) is 4.42. The van der Waals surface area contributed by atoms with Gasteiger partial charge >= 0.3 is 0 Å². The van der Waals surface area contributed by atoms with Gasteiger partial charge in [0.1, 0.15) is 5.76 Å². The highest BCUT2D eigenvalue weighted by molar-refractivity contribution is 6.14. The van der Waals surface area contributed by atoms with Crippen LogP contribution in [0.4, 0.5) is 5.69 Å². The second-order valence-corrected chi connectivity index (χ2v) is 6.29. The lowest BCUT2D eigenvalue weighted by molar-refractivity contribution is -0.115. The van der Waals surface area contributed by atoms with E-state index >= 15 is 0 Å². The molecule has 1 aliphatic heterocycles. The number of benzene rings is 1. The van der Waals surface area contributed by atoms with Gasteiger partial charge in [-0.3, -0.25) is 14.6 Å². The molecular weight excluding hydrogens is 320 g/mol. The van der Waals surface area contributed by atoms with E-state index in [9.17, 15) is 14.7 Å². The molecule has 3 rings (SSSR count). The lowest BCUT2D eigenvalue weighted by Crippen LogP contribution is -2.31. The Morgan fingerprint density at radius 1 is 1.28 bits per heavy atom. The molecular formula is C19H22N2O4. The van der Waals surface area contributed by atoms with Gasteiger partial charge in [0, 0.05) is 37.8 Å². The second kappa shape index (κ2) is 8.07. The maximum absolute atomic E-state index is 12.1. The van der Waals surface area contributed by atoms with Gasteiger partial charge in [-0.25, -0.2) is 0 Å². The molecule has 6 heteroatoms. The predicted molar refractivity (Wildman–Crippen MR) is 94.4 cm³/mol. The predicted octanol–water partition coefficient (Wildman–Crippen LogP) is 2.86. The summed E-state index contributed by atoms with van der Waals surface area (Å²) >= 11 is 0. The van der Waals surface area contributed by atoms with Crippen molar-refractivity contribution in [3.05, 3.63) is 41.2 Å². The van der Waals surface area contributed by atoms with E-state index in [0.717, 1.165) is 19.4 Å². The molecule has 1 aliphatic carbocycles. The normalized spacial score (nSPS) is 21.1. The van der Waals surface area contributed by atoms with Crippen LogP contribution >= 0.6 is 0 Å². The van der Waals surface area contributed by atoms with Crippen molar-refractivity contribution in [2.24, 2.45) is 4.99 Å². The van der Waals surface area contributed by atoms with E-state index in [4.69, 9.17) is 4.74 Å². The Hall–Kier alpha value is -2.47. The first-order chi connectivity index (χ1) is 12.1. The van der Waals surface area contributed by atoms with E-state index in [2.05, 4.69) is 10.3 Å². The third kappa shape index (κ3) is 4.54. The first kappa shape index (κ1) is 17.4. The van der Waals surface area contributed by atoms with E-state index in [1.807, 2.05) is 0 Å². The van der Waals surface area contributed by atoms with Gasteiger partial charge in [-0.2, -0.15) is 0 Å². The Labute approximate surface area is 146 Å². The Kier molecular flexibility index (Phi) is 5.60. The maximum atomic E-state index is 12.1. The molecule has 1 atom stereocenters. The fraction of sp³-hybridized carbons (Fsp3) is 0.421. The van der Waals surface area contributed by atoms with Gasteiger partial charge in [-0.15, -0.1) is 0 Å². The number of hydrogen-bond acceptors (Lipinski definition) is 5. The van der Waals surface area contributed by atoms with Gasteiger partial charge in [0.05, 0.1) is 17.4 Å². The van der Waals surface area contributed by atoms with E-state index in [0.29, 0.717) is 37.1 Å². The van der Waals surface area contributed by atoms with Crippen LogP contribution in [-0.2, 0) is 9.53 Å². The van der Waals surface area contributed by atoms with E-state index in [1.54, 1.807) is 24.3 Å². The third-order valence-corrected chi connectivity index (χ3v) is 4.42. The van der Waals surface area contributed by atoms with Crippen LogP contribution in [0.5, 0.6) is 0 Å². The van der Waals surface area contributed by atoms with Crippen LogP contribution in [0, 0.1) is 0 Å². The van der Waals surface area contributed by atoms with E-state index in [1.165, 1.54) is 6.21 Å². The Bertz CT molecular complexity index is 701. The zero-order chi connectivity index (χ0) is 17.6. The van der Waals surface area contributed by atoms with Crippen molar-refractivity contribution in [2.45, 2.75) is 38.2 Å². The van der Waals surface area contributed by atoms with Gasteiger partial charge < -0.3 is 15.2 Å². The largest absolute Gasteiger partial charge is 0.512 e. The van der Waals surface area contributed by atoms with Crippen molar-refractivity contribution in [2.75, 3.05) is 13.2 Å². The number of carbonyl (C=O) groups excluding carboxylic acids is 2. The Morgan fingerprint density at radius 3 is 2.76 bits per heavy atom. The molecule has 132 valence electrons. The number of amides is 1. The summed E-state index contributed by atoms with van der Waals surface area (Å²) in [6.45, 7) is 1.29. The highest BCUT2D eigenvalue weighted by Crippen LogP contribution is 2.20. The Morgan fingerprint density at radius 2 is 2.08 bits per heavy atom. The van der Waals surface area contributed by atoms with Crippen LogP contribution in [0.15, 0.2) is 40.6 Å². The SMILES string of the molecule is O=C1CCCC(O)=C1C=Nc1ccc(C(=O)NCC2CCCO2)cc1. The molecule has 0 saturated carbocycles. The van der Waals surface area contributed by atoms with Crippen LogP contribution in [0.3, 0.4) is 0 Å². The van der Waals surface area contributed by atoms with Crippen molar-refractivity contribution in [1.82, 2.24) is 5.32 Å². The molecule has 0 spiro atoms. The fourth-order valence-corrected chi connectivity index (χ4v) is 2.95. The summed E-state index contributed by atoms with van der Waals surface area (Å²) in [7, 11) is 0. The summed E-state index contributed by atoms with van der Waals surface area (Å²) < 4.78 is 5.48. The smallest absolute Gasteiger partial charge is 0.251 e. The zero-order valence-electron chi connectivity index (χ0n) is 14.0. The van der Waals surface area contributed by atoms with Gasteiger partial charge in [0.25, 0.3) is 5.91 Å². The number of Topliss-reactive ketones (excluding diaryl/α,β-unsaturated/α-hetero) is 1. The molecule has 1 fully saturated rings. The zero-order valence-corrected chi connectivity index (χ0v) is 14.0. The average Bonchev–Trinajstić information content (AvgIpc) is 3.13. The Balaban J connectivity index is 1.59. The van der Waals surface area contributed by atoms with Crippen LogP contribution in [0.1, 0.15) is 42.5 Å². The monoisotopic (exact) mass is 342 g/mol. The number of nitrogens with one attached hydrogen (secondary N) is 1. The molecule has 1 amide bonds. The molecule has 25 heavy (non-hydrogen) atoms. The topological polar surface area (TPSA) is 88.0 Å². The summed E-state index contributed by atoms with van der Waals surface area (Å²) in [5.74, 6) is -0.128. The average molecular weight is 342 g/mol. The quantitative estimate of drug-likeness (QED) is 0.806. The number of nitrogens with zero attached hydrogens (tertiary/aromatic N) is 1. The molecule has 1 saturated heterocycles. The molecule has 0 aromatic heterocycles. The minimum absolute atomic E-state index is 0.0855.